The summed E-state index contributed by atoms with van der Waals surface area (Å²) in [5.41, 5.74) is 6.80. The topological polar surface area (TPSA) is 38.9 Å². The fourth-order valence-corrected chi connectivity index (χ4v) is 2.23. The molecule has 2 N–H and O–H groups in total. The lowest BCUT2D eigenvalue weighted by Crippen LogP contribution is -2.07. The van der Waals surface area contributed by atoms with Crippen LogP contribution in [0.5, 0.6) is 0 Å². The van der Waals surface area contributed by atoms with Crippen molar-refractivity contribution in [2.24, 2.45) is 5.92 Å². The Morgan fingerprint density at radius 3 is 2.62 bits per heavy atom. The van der Waals surface area contributed by atoms with E-state index in [2.05, 4.69) is 31.1 Å². The minimum atomic E-state index is 0.582. The molecule has 1 atom stereocenters. The zero-order valence-corrected chi connectivity index (χ0v) is 9.40. The lowest BCUT2D eigenvalue weighted by atomic mass is 9.89. The SMILES string of the molecule is CCCC(c1csc(N)n1)C(C)C. The third-order valence-corrected chi connectivity index (χ3v) is 3.02. The molecule has 1 aromatic heterocycles. The van der Waals surface area contributed by atoms with Gasteiger partial charge in [-0.25, -0.2) is 4.98 Å². The van der Waals surface area contributed by atoms with Crippen LogP contribution in [0, 0.1) is 5.92 Å². The van der Waals surface area contributed by atoms with Crippen molar-refractivity contribution in [3.8, 4) is 0 Å². The van der Waals surface area contributed by atoms with Gasteiger partial charge >= 0.3 is 0 Å². The molecule has 0 aliphatic heterocycles. The van der Waals surface area contributed by atoms with Crippen molar-refractivity contribution < 1.29 is 0 Å². The molecule has 0 bridgehead atoms. The van der Waals surface area contributed by atoms with Gasteiger partial charge in [0.1, 0.15) is 0 Å². The van der Waals surface area contributed by atoms with Crippen LogP contribution in [0.15, 0.2) is 5.38 Å². The summed E-state index contributed by atoms with van der Waals surface area (Å²) >= 11 is 1.54. The Labute approximate surface area is 84.2 Å². The van der Waals surface area contributed by atoms with E-state index in [4.69, 9.17) is 5.73 Å². The van der Waals surface area contributed by atoms with Gasteiger partial charge in [0, 0.05) is 11.3 Å². The van der Waals surface area contributed by atoms with Crippen LogP contribution in [0.2, 0.25) is 0 Å². The maximum Gasteiger partial charge on any atom is 0.180 e. The molecule has 0 fully saturated rings. The highest BCUT2D eigenvalue weighted by atomic mass is 32.1. The number of thiazole rings is 1. The molecule has 0 aliphatic rings. The van der Waals surface area contributed by atoms with Crippen LogP contribution >= 0.6 is 11.3 Å². The van der Waals surface area contributed by atoms with Crippen LogP contribution < -0.4 is 5.73 Å². The van der Waals surface area contributed by atoms with Crippen molar-refractivity contribution in [2.75, 3.05) is 5.73 Å². The Hall–Kier alpha value is -0.570. The van der Waals surface area contributed by atoms with E-state index in [-0.39, 0.29) is 0 Å². The van der Waals surface area contributed by atoms with Crippen molar-refractivity contribution in [2.45, 2.75) is 39.5 Å². The van der Waals surface area contributed by atoms with Crippen molar-refractivity contribution in [1.29, 1.82) is 0 Å². The van der Waals surface area contributed by atoms with Gasteiger partial charge in [-0.3, -0.25) is 0 Å². The zero-order valence-electron chi connectivity index (χ0n) is 8.58. The van der Waals surface area contributed by atoms with E-state index in [1.165, 1.54) is 18.5 Å². The van der Waals surface area contributed by atoms with E-state index in [1.54, 1.807) is 11.3 Å². The Kier molecular flexibility index (Phi) is 3.72. The molecule has 0 amide bonds. The summed E-state index contributed by atoms with van der Waals surface area (Å²) in [5.74, 6) is 1.24. The van der Waals surface area contributed by atoms with Crippen molar-refractivity contribution >= 4 is 16.5 Å². The molecule has 0 radical (unpaired) electrons. The van der Waals surface area contributed by atoms with Gasteiger partial charge < -0.3 is 5.73 Å². The normalized spacial score (nSPS) is 13.5. The number of nitrogens with zero attached hydrogens (tertiary/aromatic N) is 1. The van der Waals surface area contributed by atoms with Crippen LogP contribution in [0.4, 0.5) is 5.13 Å². The number of rotatable bonds is 4. The molecule has 0 aromatic carbocycles. The summed E-state index contributed by atoms with van der Waals surface area (Å²) in [6.45, 7) is 6.71. The first-order valence-electron chi connectivity index (χ1n) is 4.86. The minimum absolute atomic E-state index is 0.582. The molecule has 13 heavy (non-hydrogen) atoms. The highest BCUT2D eigenvalue weighted by Crippen LogP contribution is 2.30. The average molecular weight is 198 g/mol. The van der Waals surface area contributed by atoms with Gasteiger partial charge in [-0.15, -0.1) is 11.3 Å². The molecule has 0 spiro atoms. The van der Waals surface area contributed by atoms with Gasteiger partial charge in [0.25, 0.3) is 0 Å². The molecule has 1 aromatic rings. The van der Waals surface area contributed by atoms with E-state index in [9.17, 15) is 0 Å². The lowest BCUT2D eigenvalue weighted by molar-refractivity contribution is 0.456. The van der Waals surface area contributed by atoms with Gasteiger partial charge in [-0.05, 0) is 12.3 Å². The third-order valence-electron chi connectivity index (χ3n) is 2.32. The number of anilines is 1. The standard InChI is InChI=1S/C10H18N2S/c1-4-5-8(7(2)3)9-6-13-10(11)12-9/h6-8H,4-5H2,1-3H3,(H2,11,12). The number of nitrogen functional groups attached to an aromatic ring is 1. The number of aromatic nitrogens is 1. The largest absolute Gasteiger partial charge is 0.375 e. The second-order valence-corrected chi connectivity index (χ2v) is 4.64. The molecule has 0 saturated heterocycles. The molecule has 1 rings (SSSR count). The van der Waals surface area contributed by atoms with Gasteiger partial charge in [0.05, 0.1) is 5.69 Å². The fourth-order valence-electron chi connectivity index (χ4n) is 1.60. The van der Waals surface area contributed by atoms with E-state index in [0.717, 1.165) is 0 Å². The Morgan fingerprint density at radius 1 is 1.54 bits per heavy atom. The monoisotopic (exact) mass is 198 g/mol. The Balaban J connectivity index is 2.75. The van der Waals surface area contributed by atoms with Crippen LogP contribution in [-0.2, 0) is 0 Å². The van der Waals surface area contributed by atoms with Gasteiger partial charge in [0.2, 0.25) is 0 Å². The van der Waals surface area contributed by atoms with Crippen molar-refractivity contribution in [3.05, 3.63) is 11.1 Å². The first-order chi connectivity index (χ1) is 6.15. The Bertz CT molecular complexity index is 255. The molecule has 0 saturated carbocycles. The van der Waals surface area contributed by atoms with E-state index in [1.807, 2.05) is 0 Å². The predicted octanol–water partition coefficient (Wildman–Crippen LogP) is 3.27. The molecular weight excluding hydrogens is 180 g/mol. The second kappa shape index (κ2) is 4.61. The molecule has 3 heteroatoms. The summed E-state index contributed by atoms with van der Waals surface area (Å²) in [7, 11) is 0. The summed E-state index contributed by atoms with van der Waals surface area (Å²) in [6.07, 6.45) is 2.42. The Morgan fingerprint density at radius 2 is 2.23 bits per heavy atom. The van der Waals surface area contributed by atoms with E-state index < -0.39 is 0 Å². The van der Waals surface area contributed by atoms with Crippen LogP contribution in [-0.4, -0.2) is 4.98 Å². The molecule has 1 unspecified atom stereocenters. The quantitative estimate of drug-likeness (QED) is 0.806. The summed E-state index contributed by atoms with van der Waals surface area (Å²) < 4.78 is 0. The average Bonchev–Trinajstić information content (AvgIpc) is 2.46. The third kappa shape index (κ3) is 2.69. The zero-order chi connectivity index (χ0) is 9.84. The van der Waals surface area contributed by atoms with Gasteiger partial charge in [-0.1, -0.05) is 27.2 Å². The number of hydrogen-bond acceptors (Lipinski definition) is 3. The minimum Gasteiger partial charge on any atom is -0.375 e. The van der Waals surface area contributed by atoms with Crippen LogP contribution in [0.1, 0.15) is 45.2 Å². The second-order valence-electron chi connectivity index (χ2n) is 3.75. The number of hydrogen-bond donors (Lipinski definition) is 1. The van der Waals surface area contributed by atoms with E-state index in [0.29, 0.717) is 17.0 Å². The van der Waals surface area contributed by atoms with Crippen molar-refractivity contribution in [3.63, 3.8) is 0 Å². The molecule has 0 aliphatic carbocycles. The first kappa shape index (κ1) is 10.5. The maximum absolute atomic E-state index is 5.62. The maximum atomic E-state index is 5.62. The predicted molar refractivity (Wildman–Crippen MR) is 59.0 cm³/mol. The lowest BCUT2D eigenvalue weighted by Gasteiger charge is -2.17. The van der Waals surface area contributed by atoms with Crippen LogP contribution in [0.25, 0.3) is 0 Å². The summed E-state index contributed by atoms with van der Waals surface area (Å²) in [4.78, 5) is 4.35. The smallest absolute Gasteiger partial charge is 0.180 e. The van der Waals surface area contributed by atoms with Crippen LogP contribution in [0.3, 0.4) is 0 Å². The molecule has 1 heterocycles. The van der Waals surface area contributed by atoms with E-state index >= 15 is 0 Å². The highest BCUT2D eigenvalue weighted by Gasteiger charge is 2.17. The first-order valence-corrected chi connectivity index (χ1v) is 5.74. The fraction of sp³-hybridized carbons (Fsp3) is 0.700. The highest BCUT2D eigenvalue weighted by molar-refractivity contribution is 7.13. The molecule has 74 valence electrons. The summed E-state index contributed by atoms with van der Waals surface area (Å²) in [6, 6.07) is 0. The number of nitrogens with two attached hydrogens (primary N) is 1. The molecular formula is C10H18N2S. The molecule has 2 nitrogen and oxygen atoms in total. The summed E-state index contributed by atoms with van der Waals surface area (Å²) in [5, 5.41) is 2.78. The van der Waals surface area contributed by atoms with Gasteiger partial charge in [0.15, 0.2) is 5.13 Å². The van der Waals surface area contributed by atoms with Crippen molar-refractivity contribution in [1.82, 2.24) is 4.98 Å². The van der Waals surface area contributed by atoms with Gasteiger partial charge in [-0.2, -0.15) is 0 Å².